The molecule has 7 nitrogen and oxygen atoms in total. The molecule has 1 aromatic heterocycles. The van der Waals surface area contributed by atoms with Crippen molar-refractivity contribution in [2.24, 2.45) is 5.92 Å². The average Bonchev–Trinajstić information content (AvgIpc) is 3.06. The van der Waals surface area contributed by atoms with Gasteiger partial charge in [0.2, 0.25) is 5.91 Å². The minimum Gasteiger partial charge on any atom is -0.465 e. The number of likely N-dealkylation sites (tertiary alicyclic amines) is 1. The van der Waals surface area contributed by atoms with E-state index in [1.54, 1.807) is 13.8 Å². The largest absolute Gasteiger partial charge is 0.465 e. The van der Waals surface area contributed by atoms with E-state index < -0.39 is 12.0 Å². The first-order valence-electron chi connectivity index (χ1n) is 10.2. The molecule has 3 rings (SSSR count). The Hall–Kier alpha value is -2.93. The van der Waals surface area contributed by atoms with Crippen molar-refractivity contribution in [3.63, 3.8) is 0 Å². The maximum Gasteiger partial charge on any atom is 0.339 e. The molecule has 2 atom stereocenters. The summed E-state index contributed by atoms with van der Waals surface area (Å²) in [5.41, 5.74) is 2.83. The van der Waals surface area contributed by atoms with Gasteiger partial charge in [0.15, 0.2) is 5.78 Å². The quantitative estimate of drug-likeness (QED) is 0.562. The highest BCUT2D eigenvalue weighted by Crippen LogP contribution is 2.25. The molecule has 1 aliphatic rings. The van der Waals surface area contributed by atoms with Gasteiger partial charge in [-0.2, -0.15) is 0 Å². The molecular formula is C23H29N3O4. The van der Waals surface area contributed by atoms with Gasteiger partial charge in [-0.05, 0) is 57.9 Å². The number of Topliss-reactive ketones (excluding diaryl/α,β-unsaturated/α-hetero) is 1. The highest BCUT2D eigenvalue weighted by molar-refractivity contribution is 6.03. The van der Waals surface area contributed by atoms with Crippen LogP contribution in [0.3, 0.4) is 0 Å². The lowest BCUT2D eigenvalue weighted by Crippen LogP contribution is -2.47. The number of hydrogen-bond donors (Lipinski definition) is 2. The van der Waals surface area contributed by atoms with Crippen LogP contribution in [0.2, 0.25) is 0 Å². The van der Waals surface area contributed by atoms with Crippen LogP contribution in [0.5, 0.6) is 0 Å². The van der Waals surface area contributed by atoms with Gasteiger partial charge in [0.05, 0.1) is 30.3 Å². The Morgan fingerprint density at radius 3 is 2.57 bits per heavy atom. The third-order valence-electron chi connectivity index (χ3n) is 5.87. The van der Waals surface area contributed by atoms with Gasteiger partial charge in [-0.1, -0.05) is 18.2 Å². The zero-order valence-electron chi connectivity index (χ0n) is 18.0. The van der Waals surface area contributed by atoms with Gasteiger partial charge < -0.3 is 15.0 Å². The summed E-state index contributed by atoms with van der Waals surface area (Å²) in [6.07, 6.45) is 1.64. The van der Waals surface area contributed by atoms with Gasteiger partial charge in [0.25, 0.3) is 0 Å². The van der Waals surface area contributed by atoms with Crippen molar-refractivity contribution in [1.29, 1.82) is 0 Å². The molecule has 30 heavy (non-hydrogen) atoms. The van der Waals surface area contributed by atoms with E-state index in [-0.39, 0.29) is 17.6 Å². The Kier molecular flexibility index (Phi) is 6.72. The summed E-state index contributed by atoms with van der Waals surface area (Å²) in [6, 6.07) is 8.99. The molecule has 7 heteroatoms. The van der Waals surface area contributed by atoms with Crippen molar-refractivity contribution in [3.05, 3.63) is 52.8 Å². The Balaban J connectivity index is 1.70. The number of nitrogens with zero attached hydrogens (tertiary/aromatic N) is 1. The second kappa shape index (κ2) is 9.26. The Morgan fingerprint density at radius 1 is 1.20 bits per heavy atom. The van der Waals surface area contributed by atoms with Gasteiger partial charge in [-0.25, -0.2) is 4.79 Å². The fraction of sp³-hybridized carbons (Fsp3) is 0.435. The van der Waals surface area contributed by atoms with Crippen molar-refractivity contribution < 1.29 is 19.1 Å². The number of ether oxygens (including phenoxy) is 1. The van der Waals surface area contributed by atoms with E-state index in [9.17, 15) is 14.4 Å². The fourth-order valence-corrected chi connectivity index (χ4v) is 4.12. The summed E-state index contributed by atoms with van der Waals surface area (Å²) in [5.74, 6) is -0.741. The van der Waals surface area contributed by atoms with E-state index in [1.807, 2.05) is 37.3 Å². The molecule has 0 spiro atoms. The van der Waals surface area contributed by atoms with Crippen molar-refractivity contribution in [1.82, 2.24) is 9.88 Å². The lowest BCUT2D eigenvalue weighted by atomic mass is 9.94. The topological polar surface area (TPSA) is 91.5 Å². The molecule has 2 N–H and O–H groups in total. The molecule has 1 aromatic carbocycles. The van der Waals surface area contributed by atoms with Crippen LogP contribution in [0.15, 0.2) is 30.3 Å². The van der Waals surface area contributed by atoms with E-state index in [0.29, 0.717) is 29.1 Å². The molecule has 0 radical (unpaired) electrons. The van der Waals surface area contributed by atoms with Gasteiger partial charge in [-0.15, -0.1) is 0 Å². The summed E-state index contributed by atoms with van der Waals surface area (Å²) in [7, 11) is 1.33. The smallest absolute Gasteiger partial charge is 0.339 e. The van der Waals surface area contributed by atoms with Crippen molar-refractivity contribution in [3.8, 4) is 0 Å². The number of carbonyl (C=O) groups excluding carboxylic acids is 3. The minimum atomic E-state index is -0.455. The fourth-order valence-electron chi connectivity index (χ4n) is 4.12. The van der Waals surface area contributed by atoms with Crippen LogP contribution in [0.4, 0.5) is 5.69 Å². The van der Waals surface area contributed by atoms with Crippen molar-refractivity contribution in [2.45, 2.75) is 39.7 Å². The first-order valence-corrected chi connectivity index (χ1v) is 10.2. The number of methoxy groups -OCH3 is 1. The molecule has 0 aliphatic carbocycles. The average molecular weight is 412 g/mol. The van der Waals surface area contributed by atoms with Crippen LogP contribution in [-0.4, -0.2) is 53.8 Å². The Bertz CT molecular complexity index is 935. The van der Waals surface area contributed by atoms with E-state index in [4.69, 9.17) is 4.74 Å². The van der Waals surface area contributed by atoms with Crippen LogP contribution in [-0.2, 0) is 9.53 Å². The number of H-pyrrole nitrogens is 1. The summed E-state index contributed by atoms with van der Waals surface area (Å²) >= 11 is 0. The first kappa shape index (κ1) is 21.8. The Labute approximate surface area is 176 Å². The number of hydrogen-bond acceptors (Lipinski definition) is 5. The SMILES string of the molecule is COC(=O)c1c(C)[nH]c(C(=O)C(C)N2CCCC(C(=O)Nc3ccccc3)C2)c1C. The maximum atomic E-state index is 13.2. The van der Waals surface area contributed by atoms with E-state index in [2.05, 4.69) is 15.2 Å². The highest BCUT2D eigenvalue weighted by Gasteiger charge is 2.33. The molecule has 160 valence electrons. The normalized spacial score (nSPS) is 17.9. The molecule has 2 aromatic rings. The standard InChI is InChI=1S/C23H29N3O4/c1-14-19(23(29)30-4)15(2)24-20(14)21(27)16(3)26-12-8-9-17(13-26)22(28)25-18-10-6-5-7-11-18/h5-7,10-11,16-17,24H,8-9,12-13H2,1-4H3,(H,25,28). The lowest BCUT2D eigenvalue weighted by Gasteiger charge is -2.35. The second-order valence-corrected chi connectivity index (χ2v) is 7.85. The number of carbonyl (C=O) groups is 3. The Morgan fingerprint density at radius 2 is 1.90 bits per heavy atom. The molecule has 2 unspecified atom stereocenters. The third kappa shape index (κ3) is 4.46. The number of aromatic nitrogens is 1. The van der Waals surface area contributed by atoms with Crippen LogP contribution >= 0.6 is 0 Å². The van der Waals surface area contributed by atoms with Crippen LogP contribution in [0.1, 0.15) is 51.9 Å². The van der Waals surface area contributed by atoms with E-state index >= 15 is 0 Å². The minimum absolute atomic E-state index is 0.0228. The van der Waals surface area contributed by atoms with Gasteiger partial charge in [0, 0.05) is 17.9 Å². The number of nitrogens with one attached hydrogen (secondary N) is 2. The zero-order chi connectivity index (χ0) is 21.8. The zero-order valence-corrected chi connectivity index (χ0v) is 18.0. The molecule has 0 saturated carbocycles. The predicted molar refractivity (Wildman–Crippen MR) is 115 cm³/mol. The molecular weight excluding hydrogens is 382 g/mol. The molecule has 0 bridgehead atoms. The van der Waals surface area contributed by atoms with Crippen molar-refractivity contribution >= 4 is 23.3 Å². The molecule has 1 aliphatic heterocycles. The van der Waals surface area contributed by atoms with Gasteiger partial charge in [0.1, 0.15) is 0 Å². The summed E-state index contributed by atoms with van der Waals surface area (Å²) in [4.78, 5) is 43.0. The molecule has 1 saturated heterocycles. The number of piperidine rings is 1. The molecule has 2 heterocycles. The monoisotopic (exact) mass is 411 g/mol. The summed E-state index contributed by atoms with van der Waals surface area (Å²) in [6.45, 7) is 6.64. The number of amides is 1. The number of aryl methyl sites for hydroxylation is 1. The maximum absolute atomic E-state index is 13.2. The van der Waals surface area contributed by atoms with E-state index in [0.717, 1.165) is 25.1 Å². The number of benzene rings is 1. The number of esters is 1. The predicted octanol–water partition coefficient (Wildman–Crippen LogP) is 3.34. The number of rotatable bonds is 6. The number of para-hydroxylation sites is 1. The van der Waals surface area contributed by atoms with Gasteiger partial charge in [-0.3, -0.25) is 14.5 Å². The van der Waals surface area contributed by atoms with Crippen LogP contribution in [0, 0.1) is 19.8 Å². The molecule has 1 fully saturated rings. The third-order valence-corrected chi connectivity index (χ3v) is 5.87. The van der Waals surface area contributed by atoms with E-state index in [1.165, 1.54) is 7.11 Å². The number of anilines is 1. The lowest BCUT2D eigenvalue weighted by molar-refractivity contribution is -0.121. The summed E-state index contributed by atoms with van der Waals surface area (Å²) in [5, 5.41) is 2.96. The molecule has 1 amide bonds. The number of aromatic amines is 1. The van der Waals surface area contributed by atoms with Crippen LogP contribution in [0.25, 0.3) is 0 Å². The first-order chi connectivity index (χ1) is 14.3. The van der Waals surface area contributed by atoms with Gasteiger partial charge >= 0.3 is 5.97 Å². The second-order valence-electron chi connectivity index (χ2n) is 7.85. The van der Waals surface area contributed by atoms with Crippen LogP contribution < -0.4 is 5.32 Å². The number of ketones is 1. The van der Waals surface area contributed by atoms with Crippen molar-refractivity contribution in [2.75, 3.05) is 25.5 Å². The summed E-state index contributed by atoms with van der Waals surface area (Å²) < 4.78 is 4.83. The highest BCUT2D eigenvalue weighted by atomic mass is 16.5.